The molecule has 0 bridgehead atoms. The van der Waals surface area contributed by atoms with Crippen LogP contribution >= 0.6 is 0 Å². The number of nitrogens with one attached hydrogen (secondary N) is 1. The molecule has 2 unspecified atom stereocenters. The average molecular weight is 350 g/mol. The molecule has 1 N–H and O–H groups in total. The number of halogens is 1. The number of likely N-dealkylation sites (tertiary alicyclic amines) is 1. The summed E-state index contributed by atoms with van der Waals surface area (Å²) in [7, 11) is 0. The summed E-state index contributed by atoms with van der Waals surface area (Å²) in [6, 6.07) is 5.77. The van der Waals surface area contributed by atoms with E-state index in [1.54, 1.807) is 24.0 Å². The number of amides is 2. The molecule has 1 fully saturated rings. The van der Waals surface area contributed by atoms with E-state index in [0.717, 1.165) is 18.4 Å². The van der Waals surface area contributed by atoms with Crippen LogP contribution in [0.15, 0.2) is 24.3 Å². The van der Waals surface area contributed by atoms with E-state index in [2.05, 4.69) is 5.32 Å². The highest BCUT2D eigenvalue weighted by Gasteiger charge is 2.30. The first-order valence-electron chi connectivity index (χ1n) is 8.90. The molecule has 1 aliphatic heterocycles. The minimum absolute atomic E-state index is 0.153. The molecule has 1 saturated heterocycles. The van der Waals surface area contributed by atoms with Crippen LogP contribution in [0.1, 0.15) is 45.2 Å². The molecule has 0 saturated carbocycles. The van der Waals surface area contributed by atoms with Gasteiger partial charge >= 0.3 is 12.0 Å². The first kappa shape index (κ1) is 19.2. The van der Waals surface area contributed by atoms with Crippen LogP contribution in [0.3, 0.4) is 0 Å². The molecule has 2 rings (SSSR count). The van der Waals surface area contributed by atoms with Gasteiger partial charge in [0.25, 0.3) is 0 Å². The van der Waals surface area contributed by atoms with Crippen molar-refractivity contribution in [2.75, 3.05) is 19.7 Å². The molecule has 1 aromatic carbocycles. The van der Waals surface area contributed by atoms with Gasteiger partial charge in [-0.3, -0.25) is 4.79 Å². The molecule has 0 aliphatic carbocycles. The van der Waals surface area contributed by atoms with Crippen LogP contribution in [0.25, 0.3) is 0 Å². The summed E-state index contributed by atoms with van der Waals surface area (Å²) in [5.74, 6) is -0.646. The quantitative estimate of drug-likeness (QED) is 0.827. The van der Waals surface area contributed by atoms with Crippen LogP contribution in [0.4, 0.5) is 9.18 Å². The minimum Gasteiger partial charge on any atom is -0.466 e. The monoisotopic (exact) mass is 350 g/mol. The van der Waals surface area contributed by atoms with Gasteiger partial charge < -0.3 is 15.0 Å². The van der Waals surface area contributed by atoms with Crippen molar-refractivity contribution in [2.24, 2.45) is 11.8 Å². The largest absolute Gasteiger partial charge is 0.466 e. The van der Waals surface area contributed by atoms with E-state index < -0.39 is 0 Å². The molecule has 5 nitrogen and oxygen atoms in total. The maximum atomic E-state index is 13.1. The summed E-state index contributed by atoms with van der Waals surface area (Å²) in [5.41, 5.74) is 0.865. The molecule has 2 atom stereocenters. The van der Waals surface area contributed by atoms with Gasteiger partial charge in [0.2, 0.25) is 0 Å². The number of esters is 1. The molecule has 0 aromatic heterocycles. The zero-order chi connectivity index (χ0) is 18.4. The summed E-state index contributed by atoms with van der Waals surface area (Å²) in [4.78, 5) is 26.3. The van der Waals surface area contributed by atoms with E-state index >= 15 is 0 Å². The Morgan fingerprint density at radius 3 is 2.60 bits per heavy atom. The SMILES string of the molecule is CCOC(=O)C1CCCN(C(=O)NC(c2ccc(F)cc2)C(C)C)C1. The fraction of sp³-hybridized carbons (Fsp3) is 0.579. The van der Waals surface area contributed by atoms with Crippen molar-refractivity contribution < 1.29 is 18.7 Å². The Balaban J connectivity index is 2.02. The average Bonchev–Trinajstić information content (AvgIpc) is 2.60. The van der Waals surface area contributed by atoms with Gasteiger partial charge in [-0.05, 0) is 43.4 Å². The van der Waals surface area contributed by atoms with E-state index in [9.17, 15) is 14.0 Å². The van der Waals surface area contributed by atoms with E-state index in [1.165, 1.54) is 12.1 Å². The highest BCUT2D eigenvalue weighted by molar-refractivity contribution is 5.77. The van der Waals surface area contributed by atoms with Gasteiger partial charge in [0, 0.05) is 13.1 Å². The zero-order valence-corrected chi connectivity index (χ0v) is 15.1. The van der Waals surface area contributed by atoms with Crippen molar-refractivity contribution >= 4 is 12.0 Å². The van der Waals surface area contributed by atoms with Crippen molar-refractivity contribution in [3.63, 3.8) is 0 Å². The zero-order valence-electron chi connectivity index (χ0n) is 15.1. The van der Waals surface area contributed by atoms with Crippen LogP contribution in [-0.4, -0.2) is 36.6 Å². The lowest BCUT2D eigenvalue weighted by Gasteiger charge is -2.33. The fourth-order valence-corrected chi connectivity index (χ4v) is 3.14. The van der Waals surface area contributed by atoms with Crippen LogP contribution in [0.5, 0.6) is 0 Å². The molecule has 6 heteroatoms. The normalized spacial score (nSPS) is 18.8. The second-order valence-corrected chi connectivity index (χ2v) is 6.76. The Hall–Kier alpha value is -2.11. The van der Waals surface area contributed by atoms with Gasteiger partial charge in [0.05, 0.1) is 18.6 Å². The summed E-state index contributed by atoms with van der Waals surface area (Å²) in [6.07, 6.45) is 1.52. The number of urea groups is 1. The smallest absolute Gasteiger partial charge is 0.317 e. The van der Waals surface area contributed by atoms with Gasteiger partial charge in [0.1, 0.15) is 5.82 Å². The second-order valence-electron chi connectivity index (χ2n) is 6.76. The third-order valence-corrected chi connectivity index (χ3v) is 4.50. The van der Waals surface area contributed by atoms with Gasteiger partial charge in [-0.15, -0.1) is 0 Å². The number of ether oxygens (including phenoxy) is 1. The lowest BCUT2D eigenvalue weighted by atomic mass is 9.95. The predicted octanol–water partition coefficient (Wildman–Crippen LogP) is 3.51. The predicted molar refractivity (Wildman–Crippen MR) is 93.4 cm³/mol. The molecule has 1 aliphatic rings. The third-order valence-electron chi connectivity index (χ3n) is 4.50. The van der Waals surface area contributed by atoms with Crippen molar-refractivity contribution in [3.05, 3.63) is 35.6 Å². The van der Waals surface area contributed by atoms with Crippen LogP contribution < -0.4 is 5.32 Å². The fourth-order valence-electron chi connectivity index (χ4n) is 3.14. The van der Waals surface area contributed by atoms with Crippen molar-refractivity contribution in [2.45, 2.75) is 39.7 Å². The van der Waals surface area contributed by atoms with E-state index in [1.807, 2.05) is 13.8 Å². The van der Waals surface area contributed by atoms with Crippen molar-refractivity contribution in [1.29, 1.82) is 0 Å². The number of hydrogen-bond acceptors (Lipinski definition) is 3. The number of piperidine rings is 1. The third kappa shape index (κ3) is 5.18. The minimum atomic E-state index is -0.300. The van der Waals surface area contributed by atoms with Crippen LogP contribution in [0.2, 0.25) is 0 Å². The Morgan fingerprint density at radius 2 is 2.00 bits per heavy atom. The summed E-state index contributed by atoms with van der Waals surface area (Å²) < 4.78 is 18.2. The molecule has 1 aromatic rings. The number of carbonyl (C=O) groups is 2. The van der Waals surface area contributed by atoms with Crippen molar-refractivity contribution in [3.8, 4) is 0 Å². The molecule has 0 spiro atoms. The Labute approximate surface area is 148 Å². The molecule has 138 valence electrons. The van der Waals surface area contributed by atoms with Gasteiger partial charge in [-0.2, -0.15) is 0 Å². The summed E-state index contributed by atoms with van der Waals surface area (Å²) in [5, 5.41) is 3.03. The molecular formula is C19H27FN2O3. The maximum absolute atomic E-state index is 13.1. The highest BCUT2D eigenvalue weighted by Crippen LogP contribution is 2.24. The van der Waals surface area contributed by atoms with Gasteiger partial charge in [0.15, 0.2) is 0 Å². The molecular weight excluding hydrogens is 323 g/mol. The van der Waals surface area contributed by atoms with Crippen LogP contribution in [0, 0.1) is 17.7 Å². The summed E-state index contributed by atoms with van der Waals surface area (Å²) in [6.45, 7) is 7.13. The van der Waals surface area contributed by atoms with E-state index in [-0.39, 0.29) is 35.7 Å². The van der Waals surface area contributed by atoms with Gasteiger partial charge in [-0.25, -0.2) is 9.18 Å². The maximum Gasteiger partial charge on any atom is 0.317 e. The number of carbonyl (C=O) groups excluding carboxylic acids is 2. The van der Waals surface area contributed by atoms with Crippen molar-refractivity contribution in [1.82, 2.24) is 10.2 Å². The first-order chi connectivity index (χ1) is 11.9. The van der Waals surface area contributed by atoms with Crippen LogP contribution in [-0.2, 0) is 9.53 Å². The molecule has 0 radical (unpaired) electrons. The number of benzene rings is 1. The van der Waals surface area contributed by atoms with Gasteiger partial charge in [-0.1, -0.05) is 26.0 Å². The first-order valence-corrected chi connectivity index (χ1v) is 8.90. The number of rotatable bonds is 5. The Kier molecular flexibility index (Phi) is 6.79. The number of hydrogen-bond donors (Lipinski definition) is 1. The lowest BCUT2D eigenvalue weighted by molar-refractivity contribution is -0.149. The Morgan fingerprint density at radius 1 is 1.32 bits per heavy atom. The Bertz CT molecular complexity index is 589. The lowest BCUT2D eigenvalue weighted by Crippen LogP contribution is -2.48. The number of nitrogens with zero attached hydrogens (tertiary/aromatic N) is 1. The van der Waals surface area contributed by atoms with E-state index in [4.69, 9.17) is 4.74 Å². The second kappa shape index (κ2) is 8.83. The molecule has 25 heavy (non-hydrogen) atoms. The summed E-state index contributed by atoms with van der Waals surface area (Å²) >= 11 is 0. The molecule has 1 heterocycles. The highest BCUT2D eigenvalue weighted by atomic mass is 19.1. The van der Waals surface area contributed by atoms with E-state index in [0.29, 0.717) is 19.7 Å². The molecule has 2 amide bonds. The topological polar surface area (TPSA) is 58.6 Å². The standard InChI is InChI=1S/C19H27FN2O3/c1-4-25-18(23)15-6-5-11-22(12-15)19(24)21-17(13(2)3)14-7-9-16(20)10-8-14/h7-10,13,15,17H,4-6,11-12H2,1-3H3,(H,21,24).